The fourth-order valence-corrected chi connectivity index (χ4v) is 8.89. The first-order valence-electron chi connectivity index (χ1n) is 20.1. The zero-order valence-corrected chi connectivity index (χ0v) is 37.8. The highest BCUT2D eigenvalue weighted by Gasteiger charge is 2.64. The van der Waals surface area contributed by atoms with E-state index >= 15 is 0 Å². The molecule has 0 saturated carbocycles. The third kappa shape index (κ3) is 13.6. The highest BCUT2D eigenvalue weighted by atomic mass is 32.2. The van der Waals surface area contributed by atoms with Crippen LogP contribution >= 0.6 is 11.8 Å². The number of benzene rings is 1. The van der Waals surface area contributed by atoms with Gasteiger partial charge in [-0.2, -0.15) is 0 Å². The van der Waals surface area contributed by atoms with Gasteiger partial charge >= 0.3 is 47.8 Å². The third-order valence-corrected chi connectivity index (χ3v) is 11.0. The van der Waals surface area contributed by atoms with Crippen LogP contribution in [-0.4, -0.2) is 152 Å². The molecule has 65 heavy (non-hydrogen) atoms. The van der Waals surface area contributed by atoms with Crippen LogP contribution in [0.4, 0.5) is 0 Å². The van der Waals surface area contributed by atoms with Crippen molar-refractivity contribution in [3.63, 3.8) is 0 Å². The average molecular weight is 941 g/mol. The smallest absolute Gasteiger partial charge is 0.367 e. The van der Waals surface area contributed by atoms with E-state index in [-0.39, 0.29) is 0 Å². The second-order valence-corrected chi connectivity index (χ2v) is 16.4. The molecule has 3 fully saturated rings. The summed E-state index contributed by atoms with van der Waals surface area (Å²) in [4.78, 5) is 128. The van der Waals surface area contributed by atoms with Gasteiger partial charge < -0.3 is 62.7 Å². The second-order valence-electron chi connectivity index (χ2n) is 15.1. The molecule has 0 bridgehead atoms. The van der Waals surface area contributed by atoms with Gasteiger partial charge in [0.1, 0.15) is 43.7 Å². The minimum atomic E-state index is -2.76. The number of nitrogens with one attached hydrogen (secondary N) is 2. The molecule has 3 aliphatic rings. The van der Waals surface area contributed by atoms with E-state index in [1.54, 1.807) is 30.3 Å². The van der Waals surface area contributed by atoms with Crippen molar-refractivity contribution >= 4 is 71.3 Å². The summed E-state index contributed by atoms with van der Waals surface area (Å²) in [6.07, 6.45) is -14.9. The van der Waals surface area contributed by atoms with Gasteiger partial charge in [0.05, 0.1) is 25.6 Å². The minimum Gasteiger partial charge on any atom is -0.466 e. The summed E-state index contributed by atoms with van der Waals surface area (Å²) in [5, 5.41) is 5.19. The predicted octanol–water partition coefficient (Wildman–Crippen LogP) is 0.0951. The van der Waals surface area contributed by atoms with Crippen molar-refractivity contribution in [1.82, 2.24) is 10.6 Å². The fraction of sp³-hybridized carbons (Fsp3) is 0.610. The van der Waals surface area contributed by atoms with E-state index in [0.29, 0.717) is 4.90 Å². The number of cyclic esters (lactones) is 1. The van der Waals surface area contributed by atoms with Gasteiger partial charge in [-0.15, -0.1) is 0 Å². The topological polar surface area (TPSA) is 296 Å². The number of carbonyl (C=O) groups excluding carboxylic acids is 10. The molecule has 1 spiro atoms. The van der Waals surface area contributed by atoms with E-state index in [9.17, 15) is 47.9 Å². The summed E-state index contributed by atoms with van der Waals surface area (Å²) in [5.74, 6) is -12.1. The first-order valence-corrected chi connectivity index (χ1v) is 20.9. The van der Waals surface area contributed by atoms with Crippen LogP contribution in [0.5, 0.6) is 0 Å². The highest BCUT2D eigenvalue weighted by molar-refractivity contribution is 8.01. The van der Waals surface area contributed by atoms with Crippen LogP contribution < -0.4 is 10.6 Å². The van der Waals surface area contributed by atoms with E-state index in [1.807, 2.05) is 0 Å². The number of amides is 2. The number of hydrogen-bond acceptors (Lipinski definition) is 22. The van der Waals surface area contributed by atoms with Gasteiger partial charge in [-0.25, -0.2) is 9.59 Å². The monoisotopic (exact) mass is 940 g/mol. The average Bonchev–Trinajstić information content (AvgIpc) is 3.19. The molecule has 3 aliphatic heterocycles. The maximum Gasteiger partial charge on any atom is 0.367 e. The summed E-state index contributed by atoms with van der Waals surface area (Å²) >= 11 is 0.853. The van der Waals surface area contributed by atoms with E-state index in [2.05, 4.69) is 10.6 Å². The highest BCUT2D eigenvalue weighted by Crippen LogP contribution is 2.47. The van der Waals surface area contributed by atoms with Gasteiger partial charge in [-0.05, 0) is 12.1 Å². The first-order chi connectivity index (χ1) is 30.5. The van der Waals surface area contributed by atoms with Crippen LogP contribution in [0, 0.1) is 0 Å². The second kappa shape index (κ2) is 22.4. The molecule has 24 heteroatoms. The maximum atomic E-state index is 14.2. The van der Waals surface area contributed by atoms with Crippen LogP contribution in [0.25, 0.3) is 0 Å². The molecule has 2 amide bonds. The first kappa shape index (κ1) is 51.8. The van der Waals surface area contributed by atoms with Crippen LogP contribution in [0.1, 0.15) is 68.2 Å². The summed E-state index contributed by atoms with van der Waals surface area (Å²) in [7, 11) is 1.08. The van der Waals surface area contributed by atoms with Crippen molar-refractivity contribution in [3.8, 4) is 0 Å². The standard InChI is InChI=1S/C41H52N2O21S/c1-19(44)42-32-28(57-22(4)47)15-40(63-36(32)34(60-25(7)50)30(59-24(6)49)17-55-21(3)46)38(52)56-18-31(62-40)35(61-26(8)51)37-33(43-20(2)45)29(58-23(5)48)16-41(64-37,39(53)54-9)65-27-13-11-10-12-14-27/h10-14,28-37H,15-18H2,1-9H3,(H,42,44)(H,43,45)/t28-,29-,30+,31+,32+,33+,34+,35+,36+,37+,40+,41+/m0/s1. The zero-order chi connectivity index (χ0) is 48.4. The molecule has 3 saturated heterocycles. The Bertz CT molecular complexity index is 1980. The molecule has 2 N–H and O–H groups in total. The van der Waals surface area contributed by atoms with Crippen molar-refractivity contribution in [2.45, 2.75) is 145 Å². The zero-order valence-electron chi connectivity index (χ0n) is 37.0. The third-order valence-electron chi connectivity index (χ3n) is 9.78. The molecule has 12 atom stereocenters. The Morgan fingerprint density at radius 2 is 1.25 bits per heavy atom. The lowest BCUT2D eigenvalue weighted by atomic mass is 9.86. The summed E-state index contributed by atoms with van der Waals surface area (Å²) in [6.45, 7) is 6.81. The lowest BCUT2D eigenvalue weighted by Crippen LogP contribution is -2.72. The number of hydrogen-bond donors (Lipinski definition) is 2. The SMILES string of the molecule is COC(=O)[C@]1(Sc2ccccc2)C[C@H](OC(C)=O)[C@@H](NC(C)=O)[C@H]([C@H](OC(C)=O)[C@H]2COC(=O)[C@]3(C[C@H](OC(C)=O)[C@@H](NC(C)=O)[C@H]([C@H](OC(C)=O)[C@@H](COC(C)=O)OC(C)=O)O3)O2)O1. The van der Waals surface area contributed by atoms with Gasteiger partial charge in [0.2, 0.25) is 16.7 Å². The van der Waals surface area contributed by atoms with Gasteiger partial charge in [-0.3, -0.25) is 38.4 Å². The van der Waals surface area contributed by atoms with Crippen LogP contribution in [0.15, 0.2) is 35.2 Å². The minimum absolute atomic E-state index is 0.425. The number of rotatable bonds is 16. The lowest BCUT2D eigenvalue weighted by molar-refractivity contribution is -0.354. The largest absolute Gasteiger partial charge is 0.466 e. The predicted molar refractivity (Wildman–Crippen MR) is 214 cm³/mol. The number of methoxy groups -OCH3 is 1. The Balaban J connectivity index is 1.95. The van der Waals surface area contributed by atoms with E-state index in [1.165, 1.54) is 0 Å². The van der Waals surface area contributed by atoms with E-state index in [0.717, 1.165) is 74.3 Å². The molecule has 3 heterocycles. The molecule has 23 nitrogen and oxygen atoms in total. The number of carbonyl (C=O) groups is 10. The van der Waals surface area contributed by atoms with Gasteiger partial charge in [0.25, 0.3) is 5.79 Å². The summed E-state index contributed by atoms with van der Waals surface area (Å²) in [6, 6.07) is 5.41. The molecule has 0 aliphatic carbocycles. The molecule has 0 radical (unpaired) electrons. The molecular weight excluding hydrogens is 889 g/mol. The van der Waals surface area contributed by atoms with Crippen LogP contribution in [-0.2, 0) is 100 Å². The summed E-state index contributed by atoms with van der Waals surface area (Å²) in [5.41, 5.74) is 0. The molecule has 1 aromatic rings. The lowest BCUT2D eigenvalue weighted by Gasteiger charge is -2.52. The van der Waals surface area contributed by atoms with Gasteiger partial charge in [-0.1, -0.05) is 30.0 Å². The van der Waals surface area contributed by atoms with Crippen LogP contribution in [0.3, 0.4) is 0 Å². The molecule has 1 aromatic carbocycles. The van der Waals surface area contributed by atoms with Crippen molar-refractivity contribution in [2.75, 3.05) is 20.3 Å². The maximum absolute atomic E-state index is 14.2. The Morgan fingerprint density at radius 3 is 1.75 bits per heavy atom. The molecule has 358 valence electrons. The normalized spacial score (nSPS) is 28.6. The molecule has 4 rings (SSSR count). The molecule has 0 aromatic heterocycles. The fourth-order valence-electron chi connectivity index (χ4n) is 7.65. The van der Waals surface area contributed by atoms with Crippen LogP contribution in [0.2, 0.25) is 0 Å². The quantitative estimate of drug-likeness (QED) is 0.164. The van der Waals surface area contributed by atoms with Crippen molar-refractivity contribution < 1.29 is 100 Å². The molecular formula is C41H52N2O21S. The van der Waals surface area contributed by atoms with E-state index < -0.39 is 157 Å². The number of esters is 8. The summed E-state index contributed by atoms with van der Waals surface area (Å²) < 4.78 is 63.6. The Hall–Kier alpha value is -5.85. The number of ether oxygens (including phenoxy) is 11. The Labute approximate surface area is 376 Å². The molecule has 0 unspecified atom stereocenters. The van der Waals surface area contributed by atoms with Crippen molar-refractivity contribution in [1.29, 1.82) is 0 Å². The Kier molecular flexibility index (Phi) is 17.8. The number of thioether (sulfide) groups is 1. The van der Waals surface area contributed by atoms with Gasteiger partial charge in [0.15, 0.2) is 18.3 Å². The van der Waals surface area contributed by atoms with E-state index in [4.69, 9.17) is 52.1 Å². The Morgan fingerprint density at radius 1 is 0.692 bits per heavy atom. The van der Waals surface area contributed by atoms with Crippen molar-refractivity contribution in [3.05, 3.63) is 30.3 Å². The van der Waals surface area contributed by atoms with Crippen molar-refractivity contribution in [2.24, 2.45) is 0 Å². The van der Waals surface area contributed by atoms with Gasteiger partial charge in [0, 0.05) is 66.7 Å².